The number of furan rings is 1. The van der Waals surface area contributed by atoms with Gasteiger partial charge in [0.05, 0.1) is 6.26 Å². The van der Waals surface area contributed by atoms with Gasteiger partial charge in [-0.15, -0.1) is 0 Å². The van der Waals surface area contributed by atoms with Crippen molar-refractivity contribution in [3.8, 4) is 0 Å². The van der Waals surface area contributed by atoms with E-state index in [0.717, 1.165) is 70.2 Å². The van der Waals surface area contributed by atoms with Crippen molar-refractivity contribution < 1.29 is 9.15 Å². The Hall–Kier alpha value is -2.47. The number of anilines is 1. The van der Waals surface area contributed by atoms with Crippen molar-refractivity contribution >= 4 is 11.6 Å². The van der Waals surface area contributed by atoms with Gasteiger partial charge in [-0.05, 0) is 43.5 Å². The van der Waals surface area contributed by atoms with Crippen LogP contribution in [0.2, 0.25) is 0 Å². The van der Waals surface area contributed by atoms with Gasteiger partial charge in [-0.2, -0.15) is 0 Å². The predicted octanol–water partition coefficient (Wildman–Crippen LogP) is 3.31. The van der Waals surface area contributed by atoms with Gasteiger partial charge in [-0.3, -0.25) is 4.99 Å². The number of unbranched alkanes of at least 4 members (excludes halogenated alkanes) is 1. The van der Waals surface area contributed by atoms with Gasteiger partial charge < -0.3 is 24.7 Å². The molecule has 0 atom stereocenters. The topological polar surface area (TPSA) is 62.0 Å². The number of nitrogens with one attached hydrogen (secondary N) is 2. The van der Waals surface area contributed by atoms with Crippen LogP contribution in [0.1, 0.15) is 25.0 Å². The Labute approximate surface area is 169 Å². The van der Waals surface area contributed by atoms with E-state index in [1.807, 2.05) is 18.2 Å². The highest BCUT2D eigenvalue weighted by Crippen LogP contribution is 2.10. The summed E-state index contributed by atoms with van der Waals surface area (Å²) in [5, 5.41) is 6.82. The number of para-hydroxylation sites is 1. The number of hydrogen-bond acceptors (Lipinski definition) is 4. The Balaban J connectivity index is 1.73. The van der Waals surface area contributed by atoms with E-state index in [1.165, 1.54) is 5.69 Å². The lowest BCUT2D eigenvalue weighted by Gasteiger charge is -2.18. The molecule has 0 aliphatic carbocycles. The molecular weight excluding hydrogens is 352 g/mol. The van der Waals surface area contributed by atoms with Gasteiger partial charge in [0.25, 0.3) is 0 Å². The van der Waals surface area contributed by atoms with Crippen molar-refractivity contribution in [2.24, 2.45) is 4.99 Å². The van der Waals surface area contributed by atoms with E-state index in [4.69, 9.17) is 14.1 Å². The third-order valence-corrected chi connectivity index (χ3v) is 4.43. The van der Waals surface area contributed by atoms with Crippen LogP contribution in [0.25, 0.3) is 0 Å². The highest BCUT2D eigenvalue weighted by molar-refractivity contribution is 5.79. The number of methoxy groups -OCH3 is 1. The quantitative estimate of drug-likeness (QED) is 0.314. The first-order valence-corrected chi connectivity index (χ1v) is 10.1. The summed E-state index contributed by atoms with van der Waals surface area (Å²) in [6.45, 7) is 4.24. The maximum absolute atomic E-state index is 5.39. The van der Waals surface area contributed by atoms with E-state index in [2.05, 4.69) is 46.8 Å². The zero-order chi connectivity index (χ0) is 19.9. The number of rotatable bonds is 13. The SMILES string of the molecule is COCCCCNC(=NCCCN(C)c1ccccc1)NCCc1ccco1. The maximum atomic E-state index is 5.39. The molecular formula is C22H34N4O2. The molecule has 6 heteroatoms. The van der Waals surface area contributed by atoms with E-state index in [1.54, 1.807) is 13.4 Å². The summed E-state index contributed by atoms with van der Waals surface area (Å²) in [5.41, 5.74) is 1.24. The van der Waals surface area contributed by atoms with Crippen molar-refractivity contribution in [1.29, 1.82) is 0 Å². The first kappa shape index (κ1) is 21.8. The molecule has 0 aliphatic heterocycles. The van der Waals surface area contributed by atoms with Crippen LogP contribution in [0.5, 0.6) is 0 Å². The molecule has 2 rings (SSSR count). The lowest BCUT2D eigenvalue weighted by atomic mass is 10.3. The standard InChI is InChI=1S/C22H34N4O2/c1-26(20-10-4-3-5-11-20)17-9-15-24-22(23-14-6-7-18-27-2)25-16-13-21-12-8-19-28-21/h3-5,8,10-12,19H,6-7,9,13-18H2,1-2H3,(H2,23,24,25). The molecule has 1 aromatic carbocycles. The van der Waals surface area contributed by atoms with Crippen LogP contribution in [0.4, 0.5) is 5.69 Å². The Morgan fingerprint density at radius 3 is 2.61 bits per heavy atom. The number of aliphatic imine (C=N–C) groups is 1. The molecule has 2 aromatic rings. The second kappa shape index (κ2) is 13.7. The molecule has 0 radical (unpaired) electrons. The molecule has 0 saturated heterocycles. The Morgan fingerprint density at radius 2 is 1.86 bits per heavy atom. The normalized spacial score (nSPS) is 11.4. The average molecular weight is 387 g/mol. The van der Waals surface area contributed by atoms with E-state index in [9.17, 15) is 0 Å². The Bertz CT molecular complexity index is 644. The van der Waals surface area contributed by atoms with Crippen LogP contribution in [-0.4, -0.2) is 52.9 Å². The fourth-order valence-electron chi connectivity index (χ4n) is 2.82. The lowest BCUT2D eigenvalue weighted by molar-refractivity contribution is 0.193. The van der Waals surface area contributed by atoms with Gasteiger partial charge in [0.1, 0.15) is 5.76 Å². The van der Waals surface area contributed by atoms with E-state index < -0.39 is 0 Å². The van der Waals surface area contributed by atoms with Crippen molar-refractivity contribution in [1.82, 2.24) is 10.6 Å². The molecule has 154 valence electrons. The van der Waals surface area contributed by atoms with Crippen LogP contribution in [0.15, 0.2) is 58.1 Å². The van der Waals surface area contributed by atoms with Crippen LogP contribution < -0.4 is 15.5 Å². The molecule has 0 aliphatic rings. The predicted molar refractivity (Wildman–Crippen MR) is 116 cm³/mol. The molecule has 0 unspecified atom stereocenters. The molecule has 6 nitrogen and oxygen atoms in total. The molecule has 1 aromatic heterocycles. The fourth-order valence-corrected chi connectivity index (χ4v) is 2.82. The summed E-state index contributed by atoms with van der Waals surface area (Å²) in [6.07, 6.45) is 5.66. The highest BCUT2D eigenvalue weighted by atomic mass is 16.5. The van der Waals surface area contributed by atoms with E-state index in [0.29, 0.717) is 0 Å². The van der Waals surface area contributed by atoms with Crippen LogP contribution in [-0.2, 0) is 11.2 Å². The molecule has 0 bridgehead atoms. The van der Waals surface area contributed by atoms with Crippen LogP contribution in [0, 0.1) is 0 Å². The molecule has 0 saturated carbocycles. The maximum Gasteiger partial charge on any atom is 0.191 e. The first-order chi connectivity index (χ1) is 13.8. The monoisotopic (exact) mass is 386 g/mol. The van der Waals surface area contributed by atoms with Gasteiger partial charge in [0.15, 0.2) is 5.96 Å². The lowest BCUT2D eigenvalue weighted by Crippen LogP contribution is -2.39. The first-order valence-electron chi connectivity index (χ1n) is 10.1. The van der Waals surface area contributed by atoms with Gasteiger partial charge in [0.2, 0.25) is 0 Å². The minimum absolute atomic E-state index is 0.783. The minimum Gasteiger partial charge on any atom is -0.469 e. The minimum atomic E-state index is 0.783. The molecule has 0 fully saturated rings. The molecule has 2 N–H and O–H groups in total. The van der Waals surface area contributed by atoms with Gasteiger partial charge in [0, 0.05) is 59.1 Å². The zero-order valence-electron chi connectivity index (χ0n) is 17.2. The number of hydrogen-bond donors (Lipinski definition) is 2. The molecule has 0 amide bonds. The molecule has 0 spiro atoms. The summed E-state index contributed by atoms with van der Waals surface area (Å²) < 4.78 is 10.5. The number of ether oxygens (including phenoxy) is 1. The summed E-state index contributed by atoms with van der Waals surface area (Å²) in [5.74, 6) is 1.85. The summed E-state index contributed by atoms with van der Waals surface area (Å²) in [7, 11) is 3.86. The van der Waals surface area contributed by atoms with E-state index >= 15 is 0 Å². The third-order valence-electron chi connectivity index (χ3n) is 4.43. The summed E-state index contributed by atoms with van der Waals surface area (Å²) in [4.78, 5) is 6.99. The third kappa shape index (κ3) is 8.95. The average Bonchev–Trinajstić information content (AvgIpc) is 3.24. The van der Waals surface area contributed by atoms with Crippen LogP contribution in [0.3, 0.4) is 0 Å². The Morgan fingerprint density at radius 1 is 1.04 bits per heavy atom. The van der Waals surface area contributed by atoms with Crippen molar-refractivity contribution in [3.63, 3.8) is 0 Å². The molecule has 1 heterocycles. The summed E-state index contributed by atoms with van der Waals surface area (Å²) in [6, 6.07) is 14.4. The van der Waals surface area contributed by atoms with Gasteiger partial charge in [-0.1, -0.05) is 18.2 Å². The Kier molecular flexibility index (Phi) is 10.6. The van der Waals surface area contributed by atoms with Crippen molar-refractivity contribution in [2.45, 2.75) is 25.7 Å². The van der Waals surface area contributed by atoms with Crippen LogP contribution >= 0.6 is 0 Å². The number of guanidine groups is 1. The van der Waals surface area contributed by atoms with Crippen molar-refractivity contribution in [2.75, 3.05) is 51.8 Å². The largest absolute Gasteiger partial charge is 0.469 e. The van der Waals surface area contributed by atoms with E-state index in [-0.39, 0.29) is 0 Å². The fraction of sp³-hybridized carbons (Fsp3) is 0.500. The van der Waals surface area contributed by atoms with Gasteiger partial charge in [-0.25, -0.2) is 0 Å². The highest BCUT2D eigenvalue weighted by Gasteiger charge is 2.02. The van der Waals surface area contributed by atoms with Gasteiger partial charge >= 0.3 is 0 Å². The number of nitrogens with zero attached hydrogens (tertiary/aromatic N) is 2. The second-order valence-electron chi connectivity index (χ2n) is 6.72. The number of benzene rings is 1. The molecule has 28 heavy (non-hydrogen) atoms. The zero-order valence-corrected chi connectivity index (χ0v) is 17.2. The second-order valence-corrected chi connectivity index (χ2v) is 6.72. The van der Waals surface area contributed by atoms with Crippen molar-refractivity contribution in [3.05, 3.63) is 54.5 Å². The smallest absolute Gasteiger partial charge is 0.191 e. The summed E-state index contributed by atoms with van der Waals surface area (Å²) >= 11 is 0.